The zero-order chi connectivity index (χ0) is 15.6. The molecule has 6 nitrogen and oxygen atoms in total. The predicted octanol–water partition coefficient (Wildman–Crippen LogP) is 3.04. The number of nitrogens with one attached hydrogen (secondary N) is 1. The highest BCUT2D eigenvalue weighted by Gasteiger charge is 2.37. The molecule has 6 heteroatoms. The van der Waals surface area contributed by atoms with Gasteiger partial charge in [-0.1, -0.05) is 6.07 Å². The van der Waals surface area contributed by atoms with E-state index in [1.54, 1.807) is 12.1 Å². The molecule has 1 aromatic rings. The van der Waals surface area contributed by atoms with Crippen molar-refractivity contribution in [1.29, 1.82) is 0 Å². The van der Waals surface area contributed by atoms with E-state index in [0.717, 1.165) is 12.8 Å². The van der Waals surface area contributed by atoms with Crippen molar-refractivity contribution in [3.8, 4) is 0 Å². The van der Waals surface area contributed by atoms with Crippen molar-refractivity contribution in [2.45, 2.75) is 39.2 Å². The molecule has 1 saturated heterocycles. The molecule has 1 fully saturated rings. The fourth-order valence-electron chi connectivity index (χ4n) is 2.86. The number of nitrogens with zero attached hydrogens (tertiary/aromatic N) is 2. The normalized spacial score (nSPS) is 16.8. The number of rotatable bonds is 4. The van der Waals surface area contributed by atoms with E-state index in [-0.39, 0.29) is 17.1 Å². The minimum atomic E-state index is -0.454. The average molecular weight is 291 g/mol. The van der Waals surface area contributed by atoms with Crippen LogP contribution >= 0.6 is 0 Å². The lowest BCUT2D eigenvalue weighted by Gasteiger charge is -2.32. The van der Waals surface area contributed by atoms with Crippen molar-refractivity contribution < 1.29 is 9.72 Å². The van der Waals surface area contributed by atoms with Crippen LogP contribution in [-0.4, -0.2) is 34.4 Å². The van der Waals surface area contributed by atoms with E-state index in [4.69, 9.17) is 0 Å². The molecular weight excluding hydrogens is 270 g/mol. The summed E-state index contributed by atoms with van der Waals surface area (Å²) in [5.41, 5.74) is 0.434. The summed E-state index contributed by atoms with van der Waals surface area (Å²) in [4.78, 5) is 25.3. The molecular formula is C15H21N3O3. The maximum Gasteiger partial charge on any atom is 0.293 e. The highest BCUT2D eigenvalue weighted by atomic mass is 16.6. The number of benzene rings is 1. The van der Waals surface area contributed by atoms with Crippen molar-refractivity contribution in [1.82, 2.24) is 4.90 Å². The van der Waals surface area contributed by atoms with Gasteiger partial charge in [0.15, 0.2) is 0 Å². The number of nitro groups is 1. The quantitative estimate of drug-likeness (QED) is 0.683. The molecule has 1 N–H and O–H groups in total. The van der Waals surface area contributed by atoms with Crippen molar-refractivity contribution in [2.24, 2.45) is 0 Å². The van der Waals surface area contributed by atoms with E-state index < -0.39 is 4.92 Å². The third-order valence-corrected chi connectivity index (χ3v) is 3.97. The molecule has 1 aliphatic heterocycles. The Labute approximate surface area is 124 Å². The molecule has 0 aliphatic carbocycles. The lowest BCUT2D eigenvalue weighted by molar-refractivity contribution is -0.384. The van der Waals surface area contributed by atoms with Gasteiger partial charge in [0.2, 0.25) is 0 Å². The summed E-state index contributed by atoms with van der Waals surface area (Å²) in [6, 6.07) is 4.64. The third kappa shape index (κ3) is 2.84. The van der Waals surface area contributed by atoms with Gasteiger partial charge in [-0.25, -0.2) is 0 Å². The maximum absolute atomic E-state index is 12.8. The van der Waals surface area contributed by atoms with Crippen LogP contribution in [0.1, 0.15) is 44.0 Å². The Balaban J connectivity index is 2.45. The molecule has 0 saturated carbocycles. The monoisotopic (exact) mass is 291 g/mol. The van der Waals surface area contributed by atoms with Crippen LogP contribution in [0.2, 0.25) is 0 Å². The second-order valence-electron chi connectivity index (χ2n) is 5.86. The summed E-state index contributed by atoms with van der Waals surface area (Å²) in [6.45, 7) is 7.13. The summed E-state index contributed by atoms with van der Waals surface area (Å²) in [5.74, 6) is -0.142. The zero-order valence-electron chi connectivity index (χ0n) is 12.7. The molecule has 2 rings (SSSR count). The summed E-state index contributed by atoms with van der Waals surface area (Å²) in [5, 5.41) is 14.1. The van der Waals surface area contributed by atoms with Crippen LogP contribution in [0.4, 0.5) is 11.4 Å². The van der Waals surface area contributed by atoms with E-state index in [1.807, 2.05) is 25.7 Å². The van der Waals surface area contributed by atoms with E-state index in [9.17, 15) is 14.9 Å². The first-order valence-corrected chi connectivity index (χ1v) is 7.21. The van der Waals surface area contributed by atoms with Crippen molar-refractivity contribution in [3.63, 3.8) is 0 Å². The van der Waals surface area contributed by atoms with Gasteiger partial charge in [-0.05, 0) is 39.7 Å². The van der Waals surface area contributed by atoms with E-state index >= 15 is 0 Å². The van der Waals surface area contributed by atoms with E-state index in [0.29, 0.717) is 24.3 Å². The van der Waals surface area contributed by atoms with Crippen molar-refractivity contribution in [2.75, 3.05) is 18.4 Å². The molecule has 114 valence electrons. The fraction of sp³-hybridized carbons (Fsp3) is 0.533. The van der Waals surface area contributed by atoms with Crippen LogP contribution in [0.5, 0.6) is 0 Å². The lowest BCUT2D eigenvalue weighted by Crippen LogP contribution is -2.42. The standard InChI is InChI=1S/C15H21N3O3/c1-4-16-13-11(7-5-8-12(13)18(20)21)14(19)17-10-6-9-15(17,2)3/h5,7-8,16H,4,6,9-10H2,1-3H3. The van der Waals surface area contributed by atoms with Gasteiger partial charge in [-0.15, -0.1) is 0 Å². The largest absolute Gasteiger partial charge is 0.379 e. The number of hydrogen-bond acceptors (Lipinski definition) is 4. The first kappa shape index (κ1) is 15.3. The van der Waals surface area contributed by atoms with Gasteiger partial charge < -0.3 is 10.2 Å². The van der Waals surface area contributed by atoms with Gasteiger partial charge in [0.1, 0.15) is 5.69 Å². The van der Waals surface area contributed by atoms with Crippen LogP contribution in [0.3, 0.4) is 0 Å². The zero-order valence-corrected chi connectivity index (χ0v) is 12.7. The van der Waals surface area contributed by atoms with Crippen molar-refractivity contribution >= 4 is 17.3 Å². The SMILES string of the molecule is CCNc1c(C(=O)N2CCCC2(C)C)cccc1[N+](=O)[O-]. The number of anilines is 1. The summed E-state index contributed by atoms with van der Waals surface area (Å²) in [7, 11) is 0. The Morgan fingerprint density at radius 1 is 1.48 bits per heavy atom. The van der Waals surface area contributed by atoms with Gasteiger partial charge in [0.05, 0.1) is 10.5 Å². The van der Waals surface area contributed by atoms with Gasteiger partial charge >= 0.3 is 0 Å². The van der Waals surface area contributed by atoms with Gasteiger partial charge in [0, 0.05) is 24.7 Å². The van der Waals surface area contributed by atoms with Crippen molar-refractivity contribution in [3.05, 3.63) is 33.9 Å². The number of nitro benzene ring substituents is 1. The molecule has 1 aromatic carbocycles. The minimum Gasteiger partial charge on any atom is -0.379 e. The molecule has 0 bridgehead atoms. The Bertz CT molecular complexity index is 569. The van der Waals surface area contributed by atoms with Crippen LogP contribution in [0.25, 0.3) is 0 Å². The molecule has 1 aliphatic rings. The number of likely N-dealkylation sites (tertiary alicyclic amines) is 1. The molecule has 0 unspecified atom stereocenters. The third-order valence-electron chi connectivity index (χ3n) is 3.97. The summed E-state index contributed by atoms with van der Waals surface area (Å²) >= 11 is 0. The molecule has 0 aromatic heterocycles. The summed E-state index contributed by atoms with van der Waals surface area (Å²) < 4.78 is 0. The van der Waals surface area contributed by atoms with Gasteiger partial charge in [-0.3, -0.25) is 14.9 Å². The highest BCUT2D eigenvalue weighted by molar-refractivity contribution is 6.02. The van der Waals surface area contributed by atoms with Crippen LogP contribution in [0, 0.1) is 10.1 Å². The number of carbonyl (C=O) groups is 1. The van der Waals surface area contributed by atoms with Crippen LogP contribution < -0.4 is 5.32 Å². The van der Waals surface area contributed by atoms with Gasteiger partial charge in [0.25, 0.3) is 11.6 Å². The molecule has 21 heavy (non-hydrogen) atoms. The lowest BCUT2D eigenvalue weighted by atomic mass is 10.0. The number of amides is 1. The second-order valence-corrected chi connectivity index (χ2v) is 5.86. The Kier molecular flexibility index (Phi) is 4.16. The predicted molar refractivity (Wildman–Crippen MR) is 81.6 cm³/mol. The van der Waals surface area contributed by atoms with Crippen LogP contribution in [0.15, 0.2) is 18.2 Å². The first-order valence-electron chi connectivity index (χ1n) is 7.21. The number of para-hydroxylation sites is 1. The average Bonchev–Trinajstić information content (AvgIpc) is 2.78. The highest BCUT2D eigenvalue weighted by Crippen LogP contribution is 2.34. The topological polar surface area (TPSA) is 75.5 Å². The van der Waals surface area contributed by atoms with E-state index in [1.165, 1.54) is 6.07 Å². The Hall–Kier alpha value is -2.11. The minimum absolute atomic E-state index is 0.0558. The maximum atomic E-state index is 12.8. The number of carbonyl (C=O) groups excluding carboxylic acids is 1. The number of hydrogen-bond donors (Lipinski definition) is 1. The fourth-order valence-corrected chi connectivity index (χ4v) is 2.86. The Morgan fingerprint density at radius 2 is 2.19 bits per heavy atom. The smallest absolute Gasteiger partial charge is 0.293 e. The Morgan fingerprint density at radius 3 is 2.71 bits per heavy atom. The molecule has 1 heterocycles. The van der Waals surface area contributed by atoms with Gasteiger partial charge in [-0.2, -0.15) is 0 Å². The molecule has 0 radical (unpaired) electrons. The first-order chi connectivity index (χ1) is 9.88. The molecule has 0 atom stereocenters. The molecule has 0 spiro atoms. The summed E-state index contributed by atoms with van der Waals surface area (Å²) in [6.07, 6.45) is 1.91. The molecule has 1 amide bonds. The van der Waals surface area contributed by atoms with E-state index in [2.05, 4.69) is 5.32 Å². The second kappa shape index (κ2) is 5.71. The van der Waals surface area contributed by atoms with Crippen LogP contribution in [-0.2, 0) is 0 Å².